The summed E-state index contributed by atoms with van der Waals surface area (Å²) in [5.74, 6) is 1.20. The summed E-state index contributed by atoms with van der Waals surface area (Å²) in [6, 6.07) is 9.04. The van der Waals surface area contributed by atoms with Gasteiger partial charge in [-0.15, -0.1) is 6.42 Å². The topological polar surface area (TPSA) is 34.4 Å². The van der Waals surface area contributed by atoms with Gasteiger partial charge in [-0.1, -0.05) is 11.6 Å². The smallest absolute Gasteiger partial charge is 0.254 e. The molecule has 0 saturated heterocycles. The maximum atomic E-state index is 13.1. The molecule has 3 nitrogen and oxygen atoms in total. The van der Waals surface area contributed by atoms with E-state index in [1.165, 1.54) is 24.3 Å². The molecule has 21 heavy (non-hydrogen) atoms. The summed E-state index contributed by atoms with van der Waals surface area (Å²) in [5.41, 5.74) is 1.64. The number of ketones is 1. The lowest BCUT2D eigenvalue weighted by Gasteiger charge is -2.01. The molecule has 0 aliphatic rings. The number of Topliss-reactive ketones (excluding diaryl/α,β-unsaturated/α-hetero) is 1. The first-order valence-electron chi connectivity index (χ1n) is 6.05. The summed E-state index contributed by atoms with van der Waals surface area (Å²) in [7, 11) is 0. The normalized spacial score (nSPS) is 10.5. The number of carbonyl (C=O) groups is 1. The van der Waals surface area contributed by atoms with Gasteiger partial charge in [0, 0.05) is 11.8 Å². The van der Waals surface area contributed by atoms with Gasteiger partial charge in [-0.3, -0.25) is 9.20 Å². The van der Waals surface area contributed by atoms with Crippen LogP contribution in [0.5, 0.6) is 0 Å². The van der Waals surface area contributed by atoms with Crippen molar-refractivity contribution in [3.8, 4) is 23.6 Å². The van der Waals surface area contributed by atoms with E-state index >= 15 is 0 Å². The average Bonchev–Trinajstić information content (AvgIpc) is 2.88. The Morgan fingerprint density at radius 2 is 2.00 bits per heavy atom. The molecule has 0 fully saturated rings. The highest BCUT2D eigenvalue weighted by atomic mass is 35.5. The summed E-state index contributed by atoms with van der Waals surface area (Å²) in [5, 5.41) is 0.400. The van der Waals surface area contributed by atoms with Gasteiger partial charge in [-0.2, -0.15) is 0 Å². The first-order valence-corrected chi connectivity index (χ1v) is 6.43. The second kappa shape index (κ2) is 5.04. The molecule has 0 N–H and O–H groups in total. The van der Waals surface area contributed by atoms with E-state index in [1.54, 1.807) is 22.7 Å². The summed E-state index contributed by atoms with van der Waals surface area (Å²) in [6.45, 7) is 0. The second-order valence-corrected chi connectivity index (χ2v) is 4.75. The number of pyridine rings is 1. The Morgan fingerprint density at radius 1 is 1.29 bits per heavy atom. The van der Waals surface area contributed by atoms with E-state index in [-0.39, 0.29) is 11.5 Å². The number of nitrogens with zero attached hydrogens (tertiary/aromatic N) is 2. The largest absolute Gasteiger partial charge is 0.294 e. The Hall–Kier alpha value is -2.64. The van der Waals surface area contributed by atoms with Crippen LogP contribution < -0.4 is 0 Å². The summed E-state index contributed by atoms with van der Waals surface area (Å²) in [6.07, 6.45) is 6.89. The molecule has 2 heterocycles. The first-order chi connectivity index (χ1) is 10.1. The molecule has 0 radical (unpaired) electrons. The molecule has 0 spiro atoms. The third-order valence-corrected chi connectivity index (χ3v) is 3.36. The van der Waals surface area contributed by atoms with Crippen LogP contribution in [0.3, 0.4) is 0 Å². The molecule has 5 heteroatoms. The van der Waals surface area contributed by atoms with Gasteiger partial charge in [-0.05, 0) is 42.3 Å². The van der Waals surface area contributed by atoms with Gasteiger partial charge in [0.2, 0.25) is 0 Å². The number of imidazole rings is 1. The molecule has 102 valence electrons. The van der Waals surface area contributed by atoms with E-state index in [4.69, 9.17) is 18.0 Å². The minimum absolute atomic E-state index is 0.238. The fourth-order valence-electron chi connectivity index (χ4n) is 2.13. The number of hydrogen-bond donors (Lipinski definition) is 0. The minimum atomic E-state index is -0.510. The van der Waals surface area contributed by atoms with Crippen molar-refractivity contribution in [1.29, 1.82) is 0 Å². The van der Waals surface area contributed by atoms with Gasteiger partial charge < -0.3 is 0 Å². The van der Waals surface area contributed by atoms with Gasteiger partial charge in [-0.25, -0.2) is 9.37 Å². The highest BCUT2D eigenvalue weighted by Crippen LogP contribution is 2.28. The fraction of sp³-hybridized carbons (Fsp3) is 0. The van der Waals surface area contributed by atoms with Crippen LogP contribution in [0, 0.1) is 18.2 Å². The van der Waals surface area contributed by atoms with E-state index in [1.807, 2.05) is 0 Å². The van der Waals surface area contributed by atoms with Gasteiger partial charge in [0.25, 0.3) is 5.78 Å². The predicted octanol–water partition coefficient (Wildman–Crippen LogP) is 3.61. The molecule has 2 aromatic heterocycles. The molecule has 1 aromatic carbocycles. The van der Waals surface area contributed by atoms with Crippen LogP contribution in [-0.2, 0) is 0 Å². The quantitative estimate of drug-likeness (QED) is 0.411. The number of hydrogen-bond acceptors (Lipinski definition) is 2. The van der Waals surface area contributed by atoms with Crippen molar-refractivity contribution in [3.05, 3.63) is 59.1 Å². The van der Waals surface area contributed by atoms with Crippen molar-refractivity contribution in [2.24, 2.45) is 0 Å². The average molecular weight is 299 g/mol. The molecular weight excluding hydrogens is 291 g/mol. The third-order valence-electron chi connectivity index (χ3n) is 3.07. The maximum Gasteiger partial charge on any atom is 0.254 e. The summed E-state index contributed by atoms with van der Waals surface area (Å²) >= 11 is 6.10. The predicted molar refractivity (Wildman–Crippen MR) is 78.8 cm³/mol. The molecule has 0 atom stereocenters. The van der Waals surface area contributed by atoms with Crippen LogP contribution in [0.1, 0.15) is 10.5 Å². The Labute approximate surface area is 125 Å². The number of fused-ring (bicyclic) bond motifs is 1. The summed E-state index contributed by atoms with van der Waals surface area (Å²) < 4.78 is 14.6. The van der Waals surface area contributed by atoms with Crippen molar-refractivity contribution in [1.82, 2.24) is 9.38 Å². The number of benzene rings is 1. The standard InChI is InChI=1S/C16H8ClFN2O/c1-2-13(21)15-14(10-5-7-11(18)8-6-10)19-16-12(17)4-3-9-20(15)16/h1,3-9H. The minimum Gasteiger partial charge on any atom is -0.294 e. The highest BCUT2D eigenvalue weighted by Gasteiger charge is 2.20. The number of aromatic nitrogens is 2. The van der Waals surface area contributed by atoms with Gasteiger partial charge in [0.05, 0.1) is 5.02 Å². The van der Waals surface area contributed by atoms with Crippen molar-refractivity contribution in [2.75, 3.05) is 0 Å². The molecule has 0 bridgehead atoms. The molecule has 0 saturated carbocycles. The van der Waals surface area contributed by atoms with Gasteiger partial charge >= 0.3 is 0 Å². The van der Waals surface area contributed by atoms with Crippen LogP contribution >= 0.6 is 11.6 Å². The number of halogens is 2. The first kappa shape index (κ1) is 13.3. The lowest BCUT2D eigenvalue weighted by atomic mass is 10.1. The fourth-order valence-corrected chi connectivity index (χ4v) is 2.33. The number of rotatable bonds is 2. The maximum absolute atomic E-state index is 13.1. The van der Waals surface area contributed by atoms with Crippen LogP contribution in [-0.4, -0.2) is 15.2 Å². The van der Waals surface area contributed by atoms with Gasteiger partial charge in [0.1, 0.15) is 17.2 Å². The Morgan fingerprint density at radius 3 is 2.67 bits per heavy atom. The highest BCUT2D eigenvalue weighted by molar-refractivity contribution is 6.33. The zero-order chi connectivity index (χ0) is 15.0. The van der Waals surface area contributed by atoms with Crippen molar-refractivity contribution in [3.63, 3.8) is 0 Å². The van der Waals surface area contributed by atoms with E-state index in [2.05, 4.69) is 10.9 Å². The SMILES string of the molecule is C#CC(=O)c1c(-c2ccc(F)cc2)nc2c(Cl)cccn12. The number of terminal acetylenes is 1. The monoisotopic (exact) mass is 298 g/mol. The molecule has 0 aliphatic heterocycles. The van der Waals surface area contributed by atoms with E-state index in [0.717, 1.165) is 0 Å². The Bertz CT molecular complexity index is 891. The zero-order valence-electron chi connectivity index (χ0n) is 10.7. The Balaban J connectivity index is 2.36. The lowest BCUT2D eigenvalue weighted by Crippen LogP contribution is -2.02. The van der Waals surface area contributed by atoms with Gasteiger partial charge in [0.15, 0.2) is 5.65 Å². The van der Waals surface area contributed by atoms with Crippen LogP contribution in [0.2, 0.25) is 5.02 Å². The van der Waals surface area contributed by atoms with E-state index < -0.39 is 5.78 Å². The molecule has 3 rings (SSSR count). The summed E-state index contributed by atoms with van der Waals surface area (Å²) in [4.78, 5) is 16.4. The molecule has 0 aliphatic carbocycles. The van der Waals surface area contributed by atoms with Crippen LogP contribution in [0.25, 0.3) is 16.9 Å². The number of carbonyl (C=O) groups excluding carboxylic acids is 1. The van der Waals surface area contributed by atoms with E-state index in [9.17, 15) is 9.18 Å². The Kier molecular flexibility index (Phi) is 3.20. The second-order valence-electron chi connectivity index (χ2n) is 4.34. The van der Waals surface area contributed by atoms with Crippen molar-refractivity contribution < 1.29 is 9.18 Å². The molecule has 0 amide bonds. The van der Waals surface area contributed by atoms with Crippen molar-refractivity contribution in [2.45, 2.75) is 0 Å². The molecular formula is C16H8ClFN2O. The van der Waals surface area contributed by atoms with Crippen LogP contribution in [0.15, 0.2) is 42.6 Å². The van der Waals surface area contributed by atoms with Crippen molar-refractivity contribution >= 4 is 23.0 Å². The molecule has 0 unspecified atom stereocenters. The molecule has 3 aromatic rings. The zero-order valence-corrected chi connectivity index (χ0v) is 11.4. The van der Waals surface area contributed by atoms with E-state index in [0.29, 0.717) is 21.9 Å². The third kappa shape index (κ3) is 2.18. The lowest BCUT2D eigenvalue weighted by molar-refractivity contribution is 0.105. The van der Waals surface area contributed by atoms with Crippen LogP contribution in [0.4, 0.5) is 4.39 Å².